The highest BCUT2D eigenvalue weighted by Crippen LogP contribution is 2.52. The van der Waals surface area contributed by atoms with E-state index in [0.717, 1.165) is 56.5 Å². The predicted molar refractivity (Wildman–Crippen MR) is 113 cm³/mol. The van der Waals surface area contributed by atoms with Gasteiger partial charge in [-0.2, -0.15) is 0 Å². The van der Waals surface area contributed by atoms with Crippen molar-refractivity contribution in [1.82, 2.24) is 14.5 Å². The van der Waals surface area contributed by atoms with E-state index >= 15 is 0 Å². The van der Waals surface area contributed by atoms with Gasteiger partial charge in [0.25, 0.3) is 11.8 Å². The maximum atomic E-state index is 13.0. The Morgan fingerprint density at radius 3 is 1.70 bits per heavy atom. The molecule has 0 unspecified atom stereocenters. The Morgan fingerprint density at radius 2 is 1.20 bits per heavy atom. The van der Waals surface area contributed by atoms with Crippen molar-refractivity contribution in [3.63, 3.8) is 0 Å². The number of carbonyl (C=O) groups is 2. The smallest absolute Gasteiger partial charge is 0.259 e. The summed E-state index contributed by atoms with van der Waals surface area (Å²) in [7, 11) is 0. The third-order valence-corrected chi connectivity index (χ3v) is 7.03. The molecule has 3 aliphatic heterocycles. The fourth-order valence-electron chi connectivity index (χ4n) is 6.01. The number of ether oxygens (including phenoxy) is 1. The van der Waals surface area contributed by atoms with Crippen LogP contribution in [0.25, 0.3) is 43.6 Å². The molecule has 0 spiro atoms. The van der Waals surface area contributed by atoms with Crippen LogP contribution in [0.1, 0.15) is 46.0 Å². The lowest BCUT2D eigenvalue weighted by Gasteiger charge is -2.15. The SMILES string of the molecule is O=C1NC(=O)c2c1c1c3ccccc3n3c1c1c2c2ccccc2n1[C@H]1CC[C@@H]3O1. The molecule has 30 heavy (non-hydrogen) atoms. The molecule has 2 atom stereocenters. The van der Waals surface area contributed by atoms with Gasteiger partial charge in [0, 0.05) is 21.5 Å². The van der Waals surface area contributed by atoms with Crippen LogP contribution in [0.15, 0.2) is 48.5 Å². The zero-order valence-corrected chi connectivity index (χ0v) is 15.8. The summed E-state index contributed by atoms with van der Waals surface area (Å²) in [5, 5.41) is 6.25. The first kappa shape index (κ1) is 15.2. The molecule has 1 N–H and O–H groups in total. The Labute approximate surface area is 169 Å². The zero-order valence-electron chi connectivity index (χ0n) is 15.8. The van der Waals surface area contributed by atoms with Crippen molar-refractivity contribution in [3.8, 4) is 0 Å². The molecule has 1 fully saturated rings. The van der Waals surface area contributed by atoms with Gasteiger partial charge in [0.2, 0.25) is 0 Å². The van der Waals surface area contributed by atoms with Crippen LogP contribution in [0.4, 0.5) is 0 Å². The van der Waals surface area contributed by atoms with E-state index in [0.29, 0.717) is 11.1 Å². The molecule has 144 valence electrons. The normalized spacial score (nSPS) is 22.0. The van der Waals surface area contributed by atoms with Crippen LogP contribution in [0.2, 0.25) is 0 Å². The molecule has 3 aromatic carbocycles. The molecule has 5 heterocycles. The zero-order chi connectivity index (χ0) is 19.7. The molecule has 5 aromatic rings. The molecule has 0 saturated carbocycles. The van der Waals surface area contributed by atoms with Gasteiger partial charge in [-0.1, -0.05) is 36.4 Å². The highest BCUT2D eigenvalue weighted by molar-refractivity contribution is 6.39. The highest BCUT2D eigenvalue weighted by Gasteiger charge is 2.41. The highest BCUT2D eigenvalue weighted by atomic mass is 16.5. The van der Waals surface area contributed by atoms with Crippen LogP contribution in [-0.2, 0) is 4.74 Å². The molecular formula is C24H15N3O3. The fraction of sp³-hybridized carbons (Fsp3) is 0.167. The van der Waals surface area contributed by atoms with E-state index in [1.54, 1.807) is 0 Å². The minimum atomic E-state index is -0.313. The van der Waals surface area contributed by atoms with E-state index in [1.807, 2.05) is 36.4 Å². The molecule has 6 nitrogen and oxygen atoms in total. The minimum absolute atomic E-state index is 0.0857. The lowest BCUT2D eigenvalue weighted by atomic mass is 9.96. The summed E-state index contributed by atoms with van der Waals surface area (Å²) in [5.74, 6) is -0.626. The van der Waals surface area contributed by atoms with E-state index < -0.39 is 0 Å². The number of hydrogen-bond acceptors (Lipinski definition) is 3. The first-order valence-corrected chi connectivity index (χ1v) is 10.3. The van der Waals surface area contributed by atoms with Crippen molar-refractivity contribution >= 4 is 55.4 Å². The number of fused-ring (bicyclic) bond motifs is 13. The molecule has 1 saturated heterocycles. The molecule has 0 radical (unpaired) electrons. The molecule has 8 rings (SSSR count). The Bertz CT molecular complexity index is 1530. The molecule has 0 aliphatic carbocycles. The van der Waals surface area contributed by atoms with Crippen LogP contribution in [0, 0.1) is 0 Å². The van der Waals surface area contributed by atoms with Gasteiger partial charge in [-0.3, -0.25) is 14.9 Å². The molecular weight excluding hydrogens is 378 g/mol. The Balaban J connectivity index is 1.83. The molecule has 2 amide bonds. The first-order chi connectivity index (χ1) is 14.7. The number of rotatable bonds is 0. The first-order valence-electron chi connectivity index (χ1n) is 10.3. The van der Waals surface area contributed by atoms with Crippen molar-refractivity contribution in [3.05, 3.63) is 59.7 Å². The van der Waals surface area contributed by atoms with Crippen LogP contribution in [0.5, 0.6) is 0 Å². The van der Waals surface area contributed by atoms with Gasteiger partial charge in [-0.15, -0.1) is 0 Å². The van der Waals surface area contributed by atoms with Gasteiger partial charge in [-0.05, 0) is 25.0 Å². The van der Waals surface area contributed by atoms with Crippen LogP contribution in [0.3, 0.4) is 0 Å². The van der Waals surface area contributed by atoms with Gasteiger partial charge >= 0.3 is 0 Å². The van der Waals surface area contributed by atoms with Crippen molar-refractivity contribution in [2.24, 2.45) is 0 Å². The maximum absolute atomic E-state index is 13.0. The fourth-order valence-corrected chi connectivity index (χ4v) is 6.01. The number of nitrogens with one attached hydrogen (secondary N) is 1. The summed E-state index contributed by atoms with van der Waals surface area (Å²) in [5.41, 5.74) is 5.07. The summed E-state index contributed by atoms with van der Waals surface area (Å²) >= 11 is 0. The van der Waals surface area contributed by atoms with Crippen LogP contribution >= 0.6 is 0 Å². The monoisotopic (exact) mass is 393 g/mol. The number of amides is 2. The van der Waals surface area contributed by atoms with Crippen molar-refractivity contribution in [2.45, 2.75) is 25.3 Å². The second-order valence-electron chi connectivity index (χ2n) is 8.38. The second-order valence-corrected chi connectivity index (χ2v) is 8.38. The molecule has 6 heteroatoms. The van der Waals surface area contributed by atoms with Gasteiger partial charge in [0.05, 0.1) is 33.2 Å². The van der Waals surface area contributed by atoms with Crippen molar-refractivity contribution in [2.75, 3.05) is 0 Å². The summed E-state index contributed by atoms with van der Waals surface area (Å²) < 4.78 is 11.1. The molecule has 2 bridgehead atoms. The molecule has 2 aromatic heterocycles. The number of para-hydroxylation sites is 2. The van der Waals surface area contributed by atoms with E-state index in [9.17, 15) is 9.59 Å². The summed E-state index contributed by atoms with van der Waals surface area (Å²) in [6.45, 7) is 0. The second kappa shape index (κ2) is 4.74. The van der Waals surface area contributed by atoms with E-state index in [1.165, 1.54) is 0 Å². The number of hydrogen-bond donors (Lipinski definition) is 1. The van der Waals surface area contributed by atoms with Gasteiger partial charge < -0.3 is 13.9 Å². The van der Waals surface area contributed by atoms with E-state index in [4.69, 9.17) is 4.74 Å². The maximum Gasteiger partial charge on any atom is 0.259 e. The lowest BCUT2D eigenvalue weighted by molar-refractivity contribution is -0.0229. The average molecular weight is 393 g/mol. The van der Waals surface area contributed by atoms with Gasteiger partial charge in [0.1, 0.15) is 12.5 Å². The lowest BCUT2D eigenvalue weighted by Crippen LogP contribution is -2.20. The number of carbonyl (C=O) groups excluding carboxylic acids is 2. The topological polar surface area (TPSA) is 65.3 Å². The third-order valence-electron chi connectivity index (χ3n) is 7.03. The third kappa shape index (κ3) is 1.46. The quantitative estimate of drug-likeness (QED) is 0.391. The average Bonchev–Trinajstić information content (AvgIpc) is 3.46. The summed E-state index contributed by atoms with van der Waals surface area (Å²) in [6, 6.07) is 16.2. The minimum Gasteiger partial charge on any atom is -0.335 e. The Kier molecular flexibility index (Phi) is 2.41. The summed E-state index contributed by atoms with van der Waals surface area (Å²) in [6.07, 6.45) is 1.65. The van der Waals surface area contributed by atoms with Gasteiger partial charge in [0.15, 0.2) is 0 Å². The van der Waals surface area contributed by atoms with E-state index in [2.05, 4.69) is 26.6 Å². The van der Waals surface area contributed by atoms with Crippen LogP contribution < -0.4 is 5.32 Å². The van der Waals surface area contributed by atoms with Crippen LogP contribution in [-0.4, -0.2) is 20.9 Å². The Morgan fingerprint density at radius 1 is 0.733 bits per heavy atom. The van der Waals surface area contributed by atoms with E-state index in [-0.39, 0.29) is 24.3 Å². The largest absolute Gasteiger partial charge is 0.335 e. The number of aromatic nitrogens is 2. The number of nitrogens with zero attached hydrogens (tertiary/aromatic N) is 2. The standard InChI is InChI=1S/C24H15N3O3/c28-23-19-17-11-5-1-3-7-13(11)26-15-9-10-16(30-15)27-14-8-4-2-6-12(14)18(22(27)21(17)26)20(19)24(29)25-23/h1-8,15-16H,9-10H2,(H,25,28,29)/t15-,16+. The summed E-state index contributed by atoms with van der Waals surface area (Å²) in [4.78, 5) is 26.0. The Hall–Kier alpha value is -3.64. The predicted octanol–water partition coefficient (Wildman–Crippen LogP) is 4.61. The van der Waals surface area contributed by atoms with Crippen molar-refractivity contribution < 1.29 is 14.3 Å². The number of imide groups is 1. The van der Waals surface area contributed by atoms with Crippen molar-refractivity contribution in [1.29, 1.82) is 0 Å². The molecule has 3 aliphatic rings. The van der Waals surface area contributed by atoms with Gasteiger partial charge in [-0.25, -0.2) is 0 Å². The number of benzene rings is 3.